The van der Waals surface area contributed by atoms with Crippen molar-refractivity contribution < 1.29 is 19.7 Å². The molecule has 1 rings (SSSR count). The zero-order chi connectivity index (χ0) is 16.2. The molecule has 0 heterocycles. The molecule has 122 valence electrons. The van der Waals surface area contributed by atoms with Crippen molar-refractivity contribution in [2.75, 3.05) is 33.5 Å². The average Bonchev–Trinajstić information content (AvgIpc) is 2.53. The first kappa shape index (κ1) is 18.3. The molecule has 7 nitrogen and oxygen atoms in total. The number of hydrogen-bond donors (Lipinski definition) is 2. The molecule has 1 aromatic carbocycles. The van der Waals surface area contributed by atoms with E-state index in [1.165, 1.54) is 0 Å². The van der Waals surface area contributed by atoms with Gasteiger partial charge in [0.15, 0.2) is 0 Å². The molecule has 7 heteroatoms. The van der Waals surface area contributed by atoms with E-state index in [9.17, 15) is 5.11 Å². The van der Waals surface area contributed by atoms with Gasteiger partial charge >= 0.3 is 0 Å². The first-order chi connectivity index (χ1) is 10.7. The molecule has 0 fully saturated rings. The van der Waals surface area contributed by atoms with Crippen molar-refractivity contribution in [3.05, 3.63) is 40.3 Å². The largest absolute Gasteiger partial charge is 0.497 e. The van der Waals surface area contributed by atoms with E-state index >= 15 is 0 Å². The van der Waals surface area contributed by atoms with E-state index in [4.69, 9.17) is 20.1 Å². The fraction of sp³-hybridized carbons (Fsp3) is 0.600. The third kappa shape index (κ3) is 7.28. The number of hydrogen-bond acceptors (Lipinski definition) is 5. The summed E-state index contributed by atoms with van der Waals surface area (Å²) in [5, 5.41) is 21.9. The van der Waals surface area contributed by atoms with E-state index in [1.54, 1.807) is 7.11 Å². The summed E-state index contributed by atoms with van der Waals surface area (Å²) in [6.45, 7) is 0.634. The van der Waals surface area contributed by atoms with Gasteiger partial charge in [0, 0.05) is 18.1 Å². The third-order valence-electron chi connectivity index (χ3n) is 3.24. The molecule has 0 aliphatic rings. The Kier molecular flexibility index (Phi) is 9.02. The Hall–Kier alpha value is -1.79. The molecule has 0 radical (unpaired) electrons. The number of benzene rings is 1. The van der Waals surface area contributed by atoms with Crippen molar-refractivity contribution in [2.45, 2.75) is 18.9 Å². The molecule has 22 heavy (non-hydrogen) atoms. The summed E-state index contributed by atoms with van der Waals surface area (Å²) < 4.78 is 10.6. The smallest absolute Gasteiger partial charge is 0.118 e. The molecule has 0 saturated heterocycles. The van der Waals surface area contributed by atoms with E-state index < -0.39 is 6.10 Å². The first-order valence-corrected chi connectivity index (χ1v) is 7.20. The number of azide groups is 1. The molecule has 0 saturated carbocycles. The molecule has 2 unspecified atom stereocenters. The minimum Gasteiger partial charge on any atom is -0.497 e. The van der Waals surface area contributed by atoms with Crippen molar-refractivity contribution in [3.8, 4) is 5.75 Å². The highest BCUT2D eigenvalue weighted by Gasteiger charge is 2.11. The van der Waals surface area contributed by atoms with Gasteiger partial charge < -0.3 is 19.7 Å². The Bertz CT molecular complexity index is 460. The summed E-state index contributed by atoms with van der Waals surface area (Å²) in [6.07, 6.45) is 0.599. The molecule has 0 spiro atoms. The lowest BCUT2D eigenvalue weighted by Gasteiger charge is -2.17. The Morgan fingerprint density at radius 1 is 1.27 bits per heavy atom. The lowest BCUT2D eigenvalue weighted by Crippen LogP contribution is -2.22. The second kappa shape index (κ2) is 10.9. The van der Waals surface area contributed by atoms with Crippen LogP contribution in [0.25, 0.3) is 10.4 Å². The maximum atomic E-state index is 9.52. The van der Waals surface area contributed by atoms with Crippen LogP contribution >= 0.6 is 0 Å². The highest BCUT2D eigenvalue weighted by Crippen LogP contribution is 2.17. The number of ether oxygens (including phenoxy) is 2. The molecule has 2 atom stereocenters. The summed E-state index contributed by atoms with van der Waals surface area (Å²) in [5.41, 5.74) is 9.31. The summed E-state index contributed by atoms with van der Waals surface area (Å²) in [4.78, 5) is 2.58. The van der Waals surface area contributed by atoms with Crippen LogP contribution in [0.5, 0.6) is 5.75 Å². The van der Waals surface area contributed by atoms with Crippen LogP contribution in [-0.4, -0.2) is 49.8 Å². The molecule has 0 aliphatic heterocycles. The van der Waals surface area contributed by atoms with Gasteiger partial charge in [0.1, 0.15) is 5.75 Å². The van der Waals surface area contributed by atoms with Crippen molar-refractivity contribution >= 4 is 0 Å². The fourth-order valence-electron chi connectivity index (χ4n) is 2.08. The second-order valence-electron chi connectivity index (χ2n) is 5.04. The number of aliphatic hydroxyl groups is 2. The minimum atomic E-state index is -0.799. The van der Waals surface area contributed by atoms with E-state index in [-0.39, 0.29) is 25.7 Å². The Morgan fingerprint density at radius 2 is 2.00 bits per heavy atom. The van der Waals surface area contributed by atoms with Gasteiger partial charge in [0.2, 0.25) is 0 Å². The van der Waals surface area contributed by atoms with Gasteiger partial charge in [0.05, 0.1) is 26.4 Å². The van der Waals surface area contributed by atoms with E-state index in [0.717, 1.165) is 17.7 Å². The SMILES string of the molecule is COc1ccc(CC(CCO)COCC(O)CN=[N+]=[N-])cc1. The lowest BCUT2D eigenvalue weighted by molar-refractivity contribution is 0.0213. The lowest BCUT2D eigenvalue weighted by atomic mass is 9.97. The summed E-state index contributed by atoms with van der Waals surface area (Å²) >= 11 is 0. The van der Waals surface area contributed by atoms with Crippen LogP contribution in [-0.2, 0) is 11.2 Å². The average molecular weight is 309 g/mol. The molecular weight excluding hydrogens is 286 g/mol. The Balaban J connectivity index is 2.41. The molecule has 1 aromatic rings. The summed E-state index contributed by atoms with van der Waals surface area (Å²) in [7, 11) is 1.62. The van der Waals surface area contributed by atoms with Crippen LogP contribution in [0.2, 0.25) is 0 Å². The number of rotatable bonds is 11. The number of aliphatic hydroxyl groups excluding tert-OH is 2. The molecule has 0 amide bonds. The third-order valence-corrected chi connectivity index (χ3v) is 3.24. The van der Waals surface area contributed by atoms with Crippen molar-refractivity contribution in [1.29, 1.82) is 0 Å². The second-order valence-corrected chi connectivity index (χ2v) is 5.04. The van der Waals surface area contributed by atoms with Crippen molar-refractivity contribution in [1.82, 2.24) is 0 Å². The van der Waals surface area contributed by atoms with Gasteiger partial charge in [-0.05, 0) is 42.0 Å². The maximum absolute atomic E-state index is 9.52. The minimum absolute atomic E-state index is 0.000351. The maximum Gasteiger partial charge on any atom is 0.118 e. The van der Waals surface area contributed by atoms with Crippen LogP contribution in [0, 0.1) is 5.92 Å². The zero-order valence-electron chi connectivity index (χ0n) is 12.8. The Labute approximate surface area is 130 Å². The fourth-order valence-corrected chi connectivity index (χ4v) is 2.08. The summed E-state index contributed by atoms with van der Waals surface area (Å²) in [6, 6.07) is 7.77. The molecule has 0 bridgehead atoms. The molecule has 0 aliphatic carbocycles. The first-order valence-electron chi connectivity index (χ1n) is 7.20. The quantitative estimate of drug-likeness (QED) is 0.370. The van der Waals surface area contributed by atoms with E-state index in [2.05, 4.69) is 10.0 Å². The van der Waals surface area contributed by atoms with Crippen LogP contribution in [0.4, 0.5) is 0 Å². The van der Waals surface area contributed by atoms with Crippen LogP contribution in [0.1, 0.15) is 12.0 Å². The van der Waals surface area contributed by atoms with Gasteiger partial charge in [-0.1, -0.05) is 17.2 Å². The topological polar surface area (TPSA) is 108 Å². The summed E-state index contributed by atoms with van der Waals surface area (Å²) in [5.74, 6) is 0.963. The predicted molar refractivity (Wildman–Crippen MR) is 82.7 cm³/mol. The number of nitrogens with zero attached hydrogens (tertiary/aromatic N) is 3. The Morgan fingerprint density at radius 3 is 2.59 bits per heavy atom. The van der Waals surface area contributed by atoms with Gasteiger partial charge in [-0.2, -0.15) is 0 Å². The highest BCUT2D eigenvalue weighted by atomic mass is 16.5. The molecule has 0 aromatic heterocycles. The monoisotopic (exact) mass is 309 g/mol. The predicted octanol–water partition coefficient (Wildman–Crippen LogP) is 1.92. The van der Waals surface area contributed by atoms with Crippen molar-refractivity contribution in [3.63, 3.8) is 0 Å². The van der Waals surface area contributed by atoms with E-state index in [1.807, 2.05) is 24.3 Å². The number of methoxy groups -OCH3 is 1. The standard InChI is InChI=1S/C15H23N3O4/c1-21-15-4-2-12(3-5-15)8-13(6-7-19)10-22-11-14(20)9-17-18-16/h2-5,13-14,19-20H,6-11H2,1H3. The van der Waals surface area contributed by atoms with Gasteiger partial charge in [-0.3, -0.25) is 0 Å². The van der Waals surface area contributed by atoms with Crippen LogP contribution < -0.4 is 4.74 Å². The van der Waals surface area contributed by atoms with Gasteiger partial charge in [-0.25, -0.2) is 0 Å². The van der Waals surface area contributed by atoms with Crippen molar-refractivity contribution in [2.24, 2.45) is 11.0 Å². The van der Waals surface area contributed by atoms with Gasteiger partial charge in [0.25, 0.3) is 0 Å². The van der Waals surface area contributed by atoms with Crippen LogP contribution in [0.3, 0.4) is 0 Å². The zero-order valence-corrected chi connectivity index (χ0v) is 12.8. The molecular formula is C15H23N3O4. The highest BCUT2D eigenvalue weighted by molar-refractivity contribution is 5.27. The normalized spacial score (nSPS) is 13.2. The van der Waals surface area contributed by atoms with Crippen LogP contribution in [0.15, 0.2) is 29.4 Å². The van der Waals surface area contributed by atoms with Gasteiger partial charge in [-0.15, -0.1) is 0 Å². The molecule has 2 N–H and O–H groups in total. The van der Waals surface area contributed by atoms with E-state index in [0.29, 0.717) is 13.0 Å².